The molecule has 206 valence electrons. The van der Waals surface area contributed by atoms with Crippen molar-refractivity contribution in [3.8, 4) is 23.0 Å². The molecule has 0 bridgehead atoms. The van der Waals surface area contributed by atoms with Crippen LogP contribution < -0.4 is 19.5 Å². The van der Waals surface area contributed by atoms with Crippen LogP contribution in [-0.2, 0) is 9.59 Å². The van der Waals surface area contributed by atoms with E-state index in [1.807, 2.05) is 18.2 Å². The molecule has 0 saturated heterocycles. The number of nitrogens with zero attached hydrogens (tertiary/aromatic N) is 1. The van der Waals surface area contributed by atoms with E-state index < -0.39 is 5.82 Å². The lowest BCUT2D eigenvalue weighted by Crippen LogP contribution is -2.38. The smallest absolute Gasteiger partial charge is 0.244 e. The summed E-state index contributed by atoms with van der Waals surface area (Å²) in [5.41, 5.74) is 0.389. The van der Waals surface area contributed by atoms with Gasteiger partial charge >= 0.3 is 0 Å². The highest BCUT2D eigenvalue weighted by Gasteiger charge is 2.19. The first-order chi connectivity index (χ1) is 19.0. The molecule has 7 nitrogen and oxygen atoms in total. The minimum Gasteiger partial charge on any atom is -0.491 e. The Labute approximate surface area is 232 Å². The van der Waals surface area contributed by atoms with Crippen molar-refractivity contribution in [2.75, 3.05) is 31.6 Å². The highest BCUT2D eigenvalue weighted by Crippen LogP contribution is 2.36. The fraction of sp³-hybridized carbons (Fsp3) is 0.333. The van der Waals surface area contributed by atoms with Crippen molar-refractivity contribution in [1.82, 2.24) is 4.90 Å². The fourth-order valence-corrected chi connectivity index (χ4v) is 4.35. The molecule has 9 heteroatoms. The summed E-state index contributed by atoms with van der Waals surface area (Å²) < 4.78 is 31.3. The van der Waals surface area contributed by atoms with E-state index in [0.717, 1.165) is 25.7 Å². The van der Waals surface area contributed by atoms with Gasteiger partial charge in [0.15, 0.2) is 28.8 Å². The molecule has 0 aromatic heterocycles. The number of fused-ring (bicyclic) bond motifs is 2. The van der Waals surface area contributed by atoms with Gasteiger partial charge in [-0.2, -0.15) is 0 Å². The van der Waals surface area contributed by atoms with Crippen LogP contribution >= 0.6 is 11.6 Å². The molecule has 0 fully saturated rings. The Hall–Kier alpha value is -3.78. The van der Waals surface area contributed by atoms with Crippen LogP contribution in [0, 0.1) is 5.82 Å². The van der Waals surface area contributed by atoms with Gasteiger partial charge in [0.1, 0.15) is 0 Å². The van der Waals surface area contributed by atoms with Gasteiger partial charge in [-0.3, -0.25) is 9.59 Å². The van der Waals surface area contributed by atoms with Gasteiger partial charge in [0, 0.05) is 18.0 Å². The van der Waals surface area contributed by atoms with Gasteiger partial charge < -0.3 is 24.4 Å². The number of hydrogen-bond donors (Lipinski definition) is 1. The summed E-state index contributed by atoms with van der Waals surface area (Å²) in [5, 5.41) is 3.27. The van der Waals surface area contributed by atoms with E-state index in [4.69, 9.17) is 25.8 Å². The zero-order valence-electron chi connectivity index (χ0n) is 21.7. The van der Waals surface area contributed by atoms with Crippen LogP contribution in [0.4, 0.5) is 10.1 Å². The highest BCUT2D eigenvalue weighted by molar-refractivity contribution is 6.31. The standard InChI is InChI=1S/C30H32ClFN2O5/c31-22-15-16-26-24(20-22)33-29(35)21-34(30(36)14-9-19-37-25-11-4-3-10-23(25)32)17-7-1-2-8-18-38-27-12-5-6-13-28(27)39-26/h3-6,10-13,15-16,20H,1-2,7-9,14,17-19,21H2,(H,33,35). The molecular weight excluding hydrogens is 523 g/mol. The number of benzene rings is 3. The fourth-order valence-electron chi connectivity index (χ4n) is 4.18. The lowest BCUT2D eigenvalue weighted by molar-refractivity contribution is -0.135. The van der Waals surface area contributed by atoms with Gasteiger partial charge in [-0.15, -0.1) is 0 Å². The van der Waals surface area contributed by atoms with E-state index in [1.165, 1.54) is 6.07 Å². The zero-order chi connectivity index (χ0) is 27.5. The summed E-state index contributed by atoms with van der Waals surface area (Å²) in [5.74, 6) is 0.724. The number of carbonyl (C=O) groups is 2. The van der Waals surface area contributed by atoms with Crippen molar-refractivity contribution in [2.24, 2.45) is 0 Å². The van der Waals surface area contributed by atoms with E-state index in [2.05, 4.69) is 5.32 Å². The summed E-state index contributed by atoms with van der Waals surface area (Å²) >= 11 is 6.21. The molecule has 39 heavy (non-hydrogen) atoms. The quantitative estimate of drug-likeness (QED) is 0.349. The van der Waals surface area contributed by atoms with Crippen LogP contribution in [-0.4, -0.2) is 43.0 Å². The average Bonchev–Trinajstić information content (AvgIpc) is 2.92. The third-order valence-electron chi connectivity index (χ3n) is 6.18. The van der Waals surface area contributed by atoms with Crippen molar-refractivity contribution in [3.63, 3.8) is 0 Å². The molecule has 0 aliphatic carbocycles. The molecule has 0 atom stereocenters. The summed E-state index contributed by atoms with van der Waals surface area (Å²) in [6.07, 6.45) is 4.00. The second-order valence-electron chi connectivity index (χ2n) is 9.20. The molecule has 1 aliphatic rings. The Morgan fingerprint density at radius 2 is 1.74 bits per heavy atom. The predicted octanol–water partition coefficient (Wildman–Crippen LogP) is 6.85. The van der Waals surface area contributed by atoms with Gasteiger partial charge in [0.25, 0.3) is 0 Å². The van der Waals surface area contributed by atoms with Gasteiger partial charge in [-0.25, -0.2) is 4.39 Å². The van der Waals surface area contributed by atoms with Crippen molar-refractivity contribution in [3.05, 3.63) is 77.6 Å². The van der Waals surface area contributed by atoms with Crippen LogP contribution in [0.25, 0.3) is 0 Å². The van der Waals surface area contributed by atoms with Crippen LogP contribution in [0.2, 0.25) is 5.02 Å². The van der Waals surface area contributed by atoms with Crippen molar-refractivity contribution < 1.29 is 28.2 Å². The molecular formula is C30H32ClFN2O5. The third kappa shape index (κ3) is 8.61. The topological polar surface area (TPSA) is 77.1 Å². The lowest BCUT2D eigenvalue weighted by Gasteiger charge is -2.23. The van der Waals surface area contributed by atoms with Gasteiger partial charge in [0.05, 0.1) is 25.4 Å². The summed E-state index contributed by atoms with van der Waals surface area (Å²) in [7, 11) is 0. The largest absolute Gasteiger partial charge is 0.491 e. The lowest BCUT2D eigenvalue weighted by atomic mass is 10.2. The third-order valence-corrected chi connectivity index (χ3v) is 6.42. The van der Waals surface area contributed by atoms with E-state index >= 15 is 0 Å². The number of rotatable bonds is 5. The van der Waals surface area contributed by atoms with Crippen LogP contribution in [0.1, 0.15) is 38.5 Å². The highest BCUT2D eigenvalue weighted by atomic mass is 35.5. The van der Waals surface area contributed by atoms with Gasteiger partial charge in [0.2, 0.25) is 11.8 Å². The molecule has 1 heterocycles. The second kappa shape index (κ2) is 14.4. The number of ether oxygens (including phenoxy) is 3. The monoisotopic (exact) mass is 554 g/mol. The molecule has 1 N–H and O–H groups in total. The maximum Gasteiger partial charge on any atom is 0.244 e. The van der Waals surface area contributed by atoms with Crippen LogP contribution in [0.3, 0.4) is 0 Å². The number of nitrogens with one attached hydrogen (secondary N) is 1. The summed E-state index contributed by atoms with van der Waals surface area (Å²) in [6, 6.07) is 18.5. The van der Waals surface area contributed by atoms with Gasteiger partial charge in [-0.05, 0) is 61.7 Å². The molecule has 0 saturated carbocycles. The molecule has 3 aromatic rings. The molecule has 0 spiro atoms. The summed E-state index contributed by atoms with van der Waals surface area (Å²) in [6.45, 7) is 1.06. The minimum atomic E-state index is -0.444. The first-order valence-electron chi connectivity index (χ1n) is 13.1. The zero-order valence-corrected chi connectivity index (χ0v) is 22.4. The van der Waals surface area contributed by atoms with E-state index in [0.29, 0.717) is 47.5 Å². The maximum absolute atomic E-state index is 13.8. The van der Waals surface area contributed by atoms with E-state index in [9.17, 15) is 14.0 Å². The number of anilines is 1. The first-order valence-corrected chi connectivity index (χ1v) is 13.5. The molecule has 3 aromatic carbocycles. The van der Waals surface area contributed by atoms with Crippen LogP contribution in [0.5, 0.6) is 23.0 Å². The van der Waals surface area contributed by atoms with Crippen molar-refractivity contribution in [2.45, 2.75) is 38.5 Å². The van der Waals surface area contributed by atoms with Crippen LogP contribution in [0.15, 0.2) is 66.7 Å². The Balaban J connectivity index is 1.43. The van der Waals surface area contributed by atoms with Crippen molar-refractivity contribution >= 4 is 29.1 Å². The molecule has 2 amide bonds. The second-order valence-corrected chi connectivity index (χ2v) is 9.63. The molecule has 4 rings (SSSR count). The minimum absolute atomic E-state index is 0.112. The normalized spacial score (nSPS) is 14.7. The molecule has 1 aliphatic heterocycles. The first kappa shape index (κ1) is 28.2. The predicted molar refractivity (Wildman–Crippen MR) is 148 cm³/mol. The summed E-state index contributed by atoms with van der Waals surface area (Å²) in [4.78, 5) is 27.7. The van der Waals surface area contributed by atoms with E-state index in [1.54, 1.807) is 47.4 Å². The maximum atomic E-state index is 13.8. The average molecular weight is 555 g/mol. The Bertz CT molecular complexity index is 1270. The number of para-hydroxylation sites is 3. The molecule has 0 radical (unpaired) electrons. The number of hydrogen-bond acceptors (Lipinski definition) is 5. The number of halogens is 2. The number of carbonyl (C=O) groups excluding carboxylic acids is 2. The number of amides is 2. The SMILES string of the molecule is O=C1CN(C(=O)CCCOc2ccccc2F)CCCCCCOc2ccccc2Oc2ccc(Cl)cc2N1. The van der Waals surface area contributed by atoms with Gasteiger partial charge in [-0.1, -0.05) is 48.7 Å². The van der Waals surface area contributed by atoms with Crippen molar-refractivity contribution in [1.29, 1.82) is 0 Å². The Morgan fingerprint density at radius 1 is 0.974 bits per heavy atom. The molecule has 0 unspecified atom stereocenters. The van der Waals surface area contributed by atoms with E-state index in [-0.39, 0.29) is 37.1 Å². The Morgan fingerprint density at radius 3 is 2.59 bits per heavy atom. The Kier molecular flexibility index (Phi) is 10.4.